The van der Waals surface area contributed by atoms with Crippen molar-refractivity contribution in [3.8, 4) is 0 Å². The molecule has 94 valence electrons. The van der Waals surface area contributed by atoms with Crippen LogP contribution in [0.1, 0.15) is 51.9 Å². The molecule has 0 aliphatic heterocycles. The lowest BCUT2D eigenvalue weighted by atomic mass is 10.0. The standard InChI is InChI=1S/C14H27NO/c1-3-4-5-13(10-16-2)15-14(11-6-7-11)12-8-9-12/h11-15H,3-10H2,1-2H3. The molecule has 0 amide bonds. The van der Waals surface area contributed by atoms with Gasteiger partial charge < -0.3 is 10.1 Å². The lowest BCUT2D eigenvalue weighted by Gasteiger charge is -2.25. The van der Waals surface area contributed by atoms with Crippen LogP contribution in [0.4, 0.5) is 0 Å². The number of nitrogens with one attached hydrogen (secondary N) is 1. The van der Waals surface area contributed by atoms with E-state index in [4.69, 9.17) is 4.74 Å². The van der Waals surface area contributed by atoms with E-state index in [1.54, 1.807) is 0 Å². The van der Waals surface area contributed by atoms with Gasteiger partial charge >= 0.3 is 0 Å². The molecule has 2 nitrogen and oxygen atoms in total. The number of hydrogen-bond acceptors (Lipinski definition) is 2. The minimum absolute atomic E-state index is 0.594. The molecule has 0 heterocycles. The van der Waals surface area contributed by atoms with Gasteiger partial charge in [-0.25, -0.2) is 0 Å². The van der Waals surface area contributed by atoms with E-state index in [0.29, 0.717) is 6.04 Å². The molecule has 2 saturated carbocycles. The van der Waals surface area contributed by atoms with Crippen LogP contribution < -0.4 is 5.32 Å². The summed E-state index contributed by atoms with van der Waals surface area (Å²) < 4.78 is 5.34. The van der Waals surface area contributed by atoms with Gasteiger partial charge in [-0.15, -0.1) is 0 Å². The van der Waals surface area contributed by atoms with Gasteiger partial charge in [0.1, 0.15) is 0 Å². The Morgan fingerprint density at radius 1 is 1.19 bits per heavy atom. The zero-order valence-electron chi connectivity index (χ0n) is 10.9. The Hall–Kier alpha value is -0.0800. The Morgan fingerprint density at radius 2 is 1.81 bits per heavy atom. The highest BCUT2D eigenvalue weighted by Crippen LogP contribution is 2.44. The van der Waals surface area contributed by atoms with E-state index in [0.717, 1.165) is 24.5 Å². The van der Waals surface area contributed by atoms with Gasteiger partial charge in [-0.05, 0) is 43.9 Å². The van der Waals surface area contributed by atoms with Crippen molar-refractivity contribution in [2.75, 3.05) is 13.7 Å². The van der Waals surface area contributed by atoms with Gasteiger partial charge in [-0.1, -0.05) is 19.8 Å². The molecule has 1 unspecified atom stereocenters. The number of unbranched alkanes of at least 4 members (excludes halogenated alkanes) is 1. The summed E-state index contributed by atoms with van der Waals surface area (Å²) in [5, 5.41) is 3.89. The van der Waals surface area contributed by atoms with Gasteiger partial charge in [-0.3, -0.25) is 0 Å². The molecule has 0 bridgehead atoms. The molecular weight excluding hydrogens is 198 g/mol. The summed E-state index contributed by atoms with van der Waals surface area (Å²) in [6, 6.07) is 1.41. The molecule has 1 N–H and O–H groups in total. The number of hydrogen-bond donors (Lipinski definition) is 1. The molecule has 0 aromatic carbocycles. The zero-order chi connectivity index (χ0) is 11.4. The van der Waals surface area contributed by atoms with E-state index in [9.17, 15) is 0 Å². The highest BCUT2D eigenvalue weighted by molar-refractivity contribution is 4.97. The molecule has 2 fully saturated rings. The van der Waals surface area contributed by atoms with Crippen LogP contribution in [0, 0.1) is 11.8 Å². The molecule has 2 aliphatic carbocycles. The van der Waals surface area contributed by atoms with Crippen molar-refractivity contribution >= 4 is 0 Å². The second-order valence-electron chi connectivity index (χ2n) is 5.66. The first-order chi connectivity index (χ1) is 7.85. The quantitative estimate of drug-likeness (QED) is 0.651. The molecule has 2 aliphatic rings. The summed E-state index contributed by atoms with van der Waals surface area (Å²) in [6.07, 6.45) is 9.73. The van der Waals surface area contributed by atoms with Crippen LogP contribution in [0.3, 0.4) is 0 Å². The first-order valence-electron chi connectivity index (χ1n) is 7.10. The first kappa shape index (κ1) is 12.4. The third-order valence-corrected chi connectivity index (χ3v) is 3.96. The van der Waals surface area contributed by atoms with Crippen molar-refractivity contribution in [1.29, 1.82) is 0 Å². The second kappa shape index (κ2) is 6.02. The summed E-state index contributed by atoms with van der Waals surface area (Å²) in [7, 11) is 1.82. The van der Waals surface area contributed by atoms with Crippen LogP contribution in [0.15, 0.2) is 0 Å². The van der Waals surface area contributed by atoms with Crippen LogP contribution in [-0.2, 0) is 4.74 Å². The summed E-state index contributed by atoms with van der Waals surface area (Å²) in [5.74, 6) is 1.99. The molecule has 2 heteroatoms. The van der Waals surface area contributed by atoms with Crippen molar-refractivity contribution in [2.24, 2.45) is 11.8 Å². The fourth-order valence-electron chi connectivity index (χ4n) is 2.71. The average Bonchev–Trinajstić information content (AvgIpc) is 3.16. The van der Waals surface area contributed by atoms with Crippen LogP contribution in [0.25, 0.3) is 0 Å². The second-order valence-corrected chi connectivity index (χ2v) is 5.66. The van der Waals surface area contributed by atoms with Gasteiger partial charge in [0.25, 0.3) is 0 Å². The number of rotatable bonds is 9. The molecule has 0 saturated heterocycles. The van der Waals surface area contributed by atoms with Gasteiger partial charge in [0.05, 0.1) is 6.61 Å². The smallest absolute Gasteiger partial charge is 0.0615 e. The average molecular weight is 225 g/mol. The van der Waals surface area contributed by atoms with E-state index < -0.39 is 0 Å². The normalized spacial score (nSPS) is 22.7. The predicted molar refractivity (Wildman–Crippen MR) is 67.6 cm³/mol. The van der Waals surface area contributed by atoms with Gasteiger partial charge in [0.2, 0.25) is 0 Å². The number of methoxy groups -OCH3 is 1. The molecule has 0 radical (unpaired) electrons. The van der Waals surface area contributed by atoms with Crippen molar-refractivity contribution in [3.63, 3.8) is 0 Å². The molecule has 2 rings (SSSR count). The predicted octanol–water partition coefficient (Wildman–Crippen LogP) is 2.97. The first-order valence-corrected chi connectivity index (χ1v) is 7.10. The fraction of sp³-hybridized carbons (Fsp3) is 1.00. The van der Waals surface area contributed by atoms with E-state index in [1.807, 2.05) is 7.11 Å². The van der Waals surface area contributed by atoms with E-state index in [2.05, 4.69) is 12.2 Å². The minimum atomic E-state index is 0.594. The Labute approximate surface area is 100 Å². The Bertz CT molecular complexity index is 187. The summed E-state index contributed by atoms with van der Waals surface area (Å²) in [4.78, 5) is 0. The lowest BCUT2D eigenvalue weighted by molar-refractivity contribution is 0.150. The summed E-state index contributed by atoms with van der Waals surface area (Å²) in [6.45, 7) is 3.15. The Morgan fingerprint density at radius 3 is 2.25 bits per heavy atom. The largest absolute Gasteiger partial charge is 0.383 e. The fourth-order valence-corrected chi connectivity index (χ4v) is 2.71. The maximum absolute atomic E-state index is 5.34. The van der Waals surface area contributed by atoms with Gasteiger partial charge in [-0.2, -0.15) is 0 Å². The van der Waals surface area contributed by atoms with Gasteiger partial charge in [0.15, 0.2) is 0 Å². The van der Waals surface area contributed by atoms with Crippen LogP contribution >= 0.6 is 0 Å². The van der Waals surface area contributed by atoms with E-state index in [1.165, 1.54) is 44.9 Å². The molecule has 0 spiro atoms. The molecule has 1 atom stereocenters. The monoisotopic (exact) mass is 225 g/mol. The molecular formula is C14H27NO. The van der Waals surface area contributed by atoms with Gasteiger partial charge in [0, 0.05) is 19.2 Å². The highest BCUT2D eigenvalue weighted by atomic mass is 16.5. The number of ether oxygens (including phenoxy) is 1. The highest BCUT2D eigenvalue weighted by Gasteiger charge is 2.41. The van der Waals surface area contributed by atoms with E-state index >= 15 is 0 Å². The maximum Gasteiger partial charge on any atom is 0.0615 e. The van der Waals surface area contributed by atoms with Crippen LogP contribution in [0.2, 0.25) is 0 Å². The van der Waals surface area contributed by atoms with Crippen LogP contribution in [0.5, 0.6) is 0 Å². The van der Waals surface area contributed by atoms with Crippen molar-refractivity contribution in [1.82, 2.24) is 5.32 Å². The Kier molecular flexibility index (Phi) is 4.66. The molecule has 0 aromatic rings. The van der Waals surface area contributed by atoms with Crippen molar-refractivity contribution in [2.45, 2.75) is 64.0 Å². The molecule has 16 heavy (non-hydrogen) atoms. The molecule has 0 aromatic heterocycles. The zero-order valence-corrected chi connectivity index (χ0v) is 10.9. The lowest BCUT2D eigenvalue weighted by Crippen LogP contribution is -2.43. The third-order valence-electron chi connectivity index (χ3n) is 3.96. The Balaban J connectivity index is 1.76. The van der Waals surface area contributed by atoms with Crippen molar-refractivity contribution in [3.05, 3.63) is 0 Å². The van der Waals surface area contributed by atoms with E-state index in [-0.39, 0.29) is 0 Å². The maximum atomic E-state index is 5.34. The third kappa shape index (κ3) is 3.74. The summed E-state index contributed by atoms with van der Waals surface area (Å²) >= 11 is 0. The van der Waals surface area contributed by atoms with Crippen molar-refractivity contribution < 1.29 is 4.74 Å². The SMILES string of the molecule is CCCCC(COC)NC(C1CC1)C1CC1. The summed E-state index contributed by atoms with van der Waals surface area (Å²) in [5.41, 5.74) is 0. The minimum Gasteiger partial charge on any atom is -0.383 e. The van der Waals surface area contributed by atoms with Crippen LogP contribution in [-0.4, -0.2) is 25.8 Å². The topological polar surface area (TPSA) is 21.3 Å².